The second kappa shape index (κ2) is 6.68. The summed E-state index contributed by atoms with van der Waals surface area (Å²) in [7, 11) is 0. The fraction of sp³-hybridized carbons (Fsp3) is 0.333. The number of amides is 1. The number of halogens is 1. The number of rotatable bonds is 3. The number of fused-ring (bicyclic) bond motifs is 1. The molecular weight excluding hydrogens is 325 g/mol. The summed E-state index contributed by atoms with van der Waals surface area (Å²) in [5.74, 6) is 1.35. The van der Waals surface area contributed by atoms with E-state index in [0.29, 0.717) is 30.5 Å². The maximum Gasteiger partial charge on any atom is 0.263 e. The van der Waals surface area contributed by atoms with Crippen molar-refractivity contribution in [2.75, 3.05) is 36.6 Å². The Morgan fingerprint density at radius 1 is 1.24 bits per heavy atom. The van der Waals surface area contributed by atoms with Crippen LogP contribution >= 0.6 is 0 Å². The van der Waals surface area contributed by atoms with Crippen molar-refractivity contribution in [3.05, 3.63) is 48.0 Å². The Hall–Kier alpha value is -2.67. The highest BCUT2D eigenvalue weighted by atomic mass is 19.1. The van der Waals surface area contributed by atoms with Gasteiger partial charge in [0.2, 0.25) is 0 Å². The zero-order valence-corrected chi connectivity index (χ0v) is 13.5. The monoisotopic (exact) mass is 343 g/mol. The lowest BCUT2D eigenvalue weighted by molar-refractivity contribution is -0.118. The molecule has 1 fully saturated rings. The van der Waals surface area contributed by atoms with E-state index in [1.807, 2.05) is 41.3 Å². The van der Waals surface area contributed by atoms with Gasteiger partial charge < -0.3 is 19.7 Å². The molecule has 1 aromatic heterocycles. The average Bonchev–Trinajstić information content (AvgIpc) is 2.67. The summed E-state index contributed by atoms with van der Waals surface area (Å²) in [6, 6.07) is 13.4. The van der Waals surface area contributed by atoms with E-state index < -0.39 is 12.8 Å². The van der Waals surface area contributed by atoms with Crippen LogP contribution < -0.4 is 15.0 Å². The molecule has 1 N–H and O–H groups in total. The zero-order chi connectivity index (χ0) is 17.2. The van der Waals surface area contributed by atoms with Crippen LogP contribution in [-0.4, -0.2) is 43.4 Å². The molecule has 1 aromatic carbocycles. The predicted molar refractivity (Wildman–Crippen MR) is 90.6 cm³/mol. The molecular formula is C18H18FN3O3. The maximum absolute atomic E-state index is 13.2. The van der Waals surface area contributed by atoms with E-state index in [1.165, 1.54) is 0 Å². The number of pyridine rings is 1. The summed E-state index contributed by atoms with van der Waals surface area (Å²) in [6.07, 6.45) is -0.497. The molecule has 6 nitrogen and oxygen atoms in total. The van der Waals surface area contributed by atoms with Gasteiger partial charge in [-0.05, 0) is 17.7 Å². The second-order valence-corrected chi connectivity index (χ2v) is 6.04. The Bertz CT molecular complexity index is 771. The van der Waals surface area contributed by atoms with Crippen molar-refractivity contribution in [2.45, 2.75) is 12.1 Å². The second-order valence-electron chi connectivity index (χ2n) is 6.04. The van der Waals surface area contributed by atoms with Crippen LogP contribution in [0.2, 0.25) is 0 Å². The fourth-order valence-corrected chi connectivity index (χ4v) is 3.13. The fourth-order valence-electron chi connectivity index (χ4n) is 3.13. The van der Waals surface area contributed by atoms with Crippen LogP contribution in [0.25, 0.3) is 0 Å². The molecule has 1 saturated heterocycles. The standard InChI is InChI=1S/C18H18FN3O3/c19-8-13-9-22(14(10-24-13)12-4-2-1-3-5-12)16-7-6-15-18(20-16)21-17(23)11-25-15/h1-7,13-14H,8-11H2,(H,20,21,23)/t13-,14+/m1/s1. The van der Waals surface area contributed by atoms with Crippen LogP contribution in [0.3, 0.4) is 0 Å². The molecule has 130 valence electrons. The average molecular weight is 343 g/mol. The Kier molecular flexibility index (Phi) is 4.23. The Morgan fingerprint density at radius 2 is 2.08 bits per heavy atom. The number of anilines is 2. The molecule has 3 heterocycles. The number of morpholine rings is 1. The molecule has 0 spiro atoms. The van der Waals surface area contributed by atoms with Gasteiger partial charge in [-0.15, -0.1) is 0 Å². The van der Waals surface area contributed by atoms with Crippen molar-refractivity contribution in [1.82, 2.24) is 4.98 Å². The van der Waals surface area contributed by atoms with Gasteiger partial charge in [0.25, 0.3) is 5.91 Å². The summed E-state index contributed by atoms with van der Waals surface area (Å²) in [6.45, 7) is 0.196. The molecule has 2 aliphatic heterocycles. The third-order valence-electron chi connectivity index (χ3n) is 4.38. The highest BCUT2D eigenvalue weighted by Crippen LogP contribution is 2.34. The largest absolute Gasteiger partial charge is 0.480 e. The number of nitrogens with one attached hydrogen (secondary N) is 1. The topological polar surface area (TPSA) is 63.7 Å². The van der Waals surface area contributed by atoms with Crippen molar-refractivity contribution >= 4 is 17.5 Å². The Balaban J connectivity index is 1.69. The minimum atomic E-state index is -0.553. The molecule has 25 heavy (non-hydrogen) atoms. The van der Waals surface area contributed by atoms with E-state index in [0.717, 1.165) is 5.56 Å². The van der Waals surface area contributed by atoms with Gasteiger partial charge in [-0.2, -0.15) is 0 Å². The molecule has 1 amide bonds. The minimum absolute atomic E-state index is 0.0118. The van der Waals surface area contributed by atoms with E-state index in [2.05, 4.69) is 10.3 Å². The number of ether oxygens (including phenoxy) is 2. The van der Waals surface area contributed by atoms with Crippen molar-refractivity contribution in [3.63, 3.8) is 0 Å². The molecule has 7 heteroatoms. The van der Waals surface area contributed by atoms with Crippen LogP contribution in [0, 0.1) is 0 Å². The van der Waals surface area contributed by atoms with Crippen LogP contribution in [-0.2, 0) is 9.53 Å². The summed E-state index contributed by atoms with van der Waals surface area (Å²) < 4.78 is 24.2. The predicted octanol–water partition coefficient (Wildman–Crippen LogP) is 2.33. The van der Waals surface area contributed by atoms with E-state index >= 15 is 0 Å². The Labute approximate surface area is 144 Å². The molecule has 0 unspecified atom stereocenters. The number of carbonyl (C=O) groups is 1. The minimum Gasteiger partial charge on any atom is -0.480 e. The number of nitrogens with zero attached hydrogens (tertiary/aromatic N) is 2. The summed E-state index contributed by atoms with van der Waals surface area (Å²) in [4.78, 5) is 18.1. The number of carbonyl (C=O) groups excluding carboxylic acids is 1. The number of hydrogen-bond donors (Lipinski definition) is 1. The highest BCUT2D eigenvalue weighted by molar-refractivity contribution is 5.94. The molecule has 0 saturated carbocycles. The van der Waals surface area contributed by atoms with Gasteiger partial charge in [0.15, 0.2) is 18.2 Å². The van der Waals surface area contributed by atoms with E-state index in [1.54, 1.807) is 6.07 Å². The molecule has 2 atom stereocenters. The first kappa shape index (κ1) is 15.8. The van der Waals surface area contributed by atoms with Crippen LogP contribution in [0.15, 0.2) is 42.5 Å². The molecule has 2 aliphatic rings. The van der Waals surface area contributed by atoms with Gasteiger partial charge in [-0.25, -0.2) is 9.37 Å². The van der Waals surface area contributed by atoms with Gasteiger partial charge in [0.1, 0.15) is 18.6 Å². The number of benzene rings is 1. The lowest BCUT2D eigenvalue weighted by Gasteiger charge is -2.40. The first-order valence-electron chi connectivity index (χ1n) is 8.17. The van der Waals surface area contributed by atoms with Crippen molar-refractivity contribution in [3.8, 4) is 5.75 Å². The lowest BCUT2D eigenvalue weighted by atomic mass is 10.0. The zero-order valence-electron chi connectivity index (χ0n) is 13.5. The maximum atomic E-state index is 13.2. The SMILES string of the molecule is O=C1COc2ccc(N3C[C@@H](CF)OC[C@H]3c3ccccc3)nc2N1. The van der Waals surface area contributed by atoms with Crippen molar-refractivity contribution < 1.29 is 18.7 Å². The molecule has 4 rings (SSSR count). The van der Waals surface area contributed by atoms with Crippen molar-refractivity contribution in [1.29, 1.82) is 0 Å². The summed E-state index contributed by atoms with van der Waals surface area (Å²) in [5, 5.41) is 2.71. The first-order chi connectivity index (χ1) is 12.2. The molecule has 0 radical (unpaired) electrons. The van der Waals surface area contributed by atoms with Gasteiger partial charge in [0.05, 0.1) is 12.6 Å². The summed E-state index contributed by atoms with van der Waals surface area (Å²) >= 11 is 0. The quantitative estimate of drug-likeness (QED) is 0.927. The van der Waals surface area contributed by atoms with Gasteiger partial charge in [-0.3, -0.25) is 4.79 Å². The molecule has 2 aromatic rings. The molecule has 0 aliphatic carbocycles. The summed E-state index contributed by atoms with van der Waals surface area (Å²) in [5.41, 5.74) is 1.07. The van der Waals surface area contributed by atoms with Gasteiger partial charge in [-0.1, -0.05) is 30.3 Å². The van der Waals surface area contributed by atoms with Crippen molar-refractivity contribution in [2.24, 2.45) is 0 Å². The van der Waals surface area contributed by atoms with Crippen LogP contribution in [0.1, 0.15) is 11.6 Å². The lowest BCUT2D eigenvalue weighted by Crippen LogP contribution is -2.46. The first-order valence-corrected chi connectivity index (χ1v) is 8.17. The third kappa shape index (κ3) is 3.15. The third-order valence-corrected chi connectivity index (χ3v) is 4.38. The van der Waals surface area contributed by atoms with Gasteiger partial charge >= 0.3 is 0 Å². The van der Waals surface area contributed by atoms with E-state index in [9.17, 15) is 9.18 Å². The van der Waals surface area contributed by atoms with E-state index in [4.69, 9.17) is 9.47 Å². The smallest absolute Gasteiger partial charge is 0.263 e. The van der Waals surface area contributed by atoms with E-state index in [-0.39, 0.29) is 18.6 Å². The normalized spacial score (nSPS) is 22.8. The number of aromatic nitrogens is 1. The van der Waals surface area contributed by atoms with Gasteiger partial charge in [0, 0.05) is 6.54 Å². The number of alkyl halides is 1. The molecule has 0 bridgehead atoms. The number of hydrogen-bond acceptors (Lipinski definition) is 5. The highest BCUT2D eigenvalue weighted by Gasteiger charge is 2.32. The van der Waals surface area contributed by atoms with Crippen LogP contribution in [0.5, 0.6) is 5.75 Å². The van der Waals surface area contributed by atoms with Crippen LogP contribution in [0.4, 0.5) is 16.0 Å². The Morgan fingerprint density at radius 3 is 2.88 bits per heavy atom.